The van der Waals surface area contributed by atoms with Gasteiger partial charge in [0.2, 0.25) is 11.2 Å². The van der Waals surface area contributed by atoms with Crippen LogP contribution in [-0.2, 0) is 10.2 Å². The van der Waals surface area contributed by atoms with E-state index in [1.807, 2.05) is 0 Å². The number of carbonyl (C=O) groups is 1. The number of amides is 1. The summed E-state index contributed by atoms with van der Waals surface area (Å²) in [5, 5.41) is 0.278. The van der Waals surface area contributed by atoms with Crippen LogP contribution in [0.3, 0.4) is 0 Å². The first-order valence-electron chi connectivity index (χ1n) is 4.05. The molecule has 1 saturated carbocycles. The predicted octanol–water partition coefficient (Wildman–Crippen LogP) is 1.30. The Morgan fingerprint density at radius 1 is 1.50 bits per heavy atom. The van der Waals surface area contributed by atoms with E-state index in [-0.39, 0.29) is 16.3 Å². The fourth-order valence-corrected chi connectivity index (χ4v) is 1.92. The zero-order valence-corrected chi connectivity index (χ0v) is 8.64. The average molecular weight is 232 g/mol. The lowest BCUT2D eigenvalue weighted by Crippen LogP contribution is -2.29. The third kappa shape index (κ3) is 1.35. The van der Waals surface area contributed by atoms with E-state index in [0.29, 0.717) is 18.4 Å². The van der Waals surface area contributed by atoms with Crippen molar-refractivity contribution in [3.8, 4) is 0 Å². The van der Waals surface area contributed by atoms with Gasteiger partial charge in [0.25, 0.3) is 0 Å². The van der Waals surface area contributed by atoms with Crippen LogP contribution in [0.4, 0.5) is 0 Å². The Balaban J connectivity index is 2.47. The second-order valence-electron chi connectivity index (χ2n) is 3.29. The fraction of sp³-hybridized carbons (Fsp3) is 0.375. The Bertz CT molecular complexity index is 404. The van der Waals surface area contributed by atoms with E-state index in [4.69, 9.17) is 28.9 Å². The number of carbonyl (C=O) groups excluding carboxylic acids is 1. The number of hydrogen-bond acceptors (Lipinski definition) is 3. The molecule has 1 aromatic rings. The molecule has 0 saturated heterocycles. The predicted molar refractivity (Wildman–Crippen MR) is 52.2 cm³/mol. The van der Waals surface area contributed by atoms with Gasteiger partial charge >= 0.3 is 0 Å². The first-order valence-corrected chi connectivity index (χ1v) is 4.80. The van der Waals surface area contributed by atoms with Crippen LogP contribution in [0, 0.1) is 0 Å². The third-order valence-electron chi connectivity index (χ3n) is 2.45. The van der Waals surface area contributed by atoms with E-state index < -0.39 is 5.41 Å². The van der Waals surface area contributed by atoms with Crippen molar-refractivity contribution >= 4 is 29.1 Å². The van der Waals surface area contributed by atoms with Crippen LogP contribution in [0.1, 0.15) is 18.4 Å². The lowest BCUT2D eigenvalue weighted by atomic mass is 9.99. The first kappa shape index (κ1) is 9.68. The summed E-state index contributed by atoms with van der Waals surface area (Å²) in [6, 6.07) is 0. The molecule has 1 aromatic heterocycles. The summed E-state index contributed by atoms with van der Waals surface area (Å²) in [5.74, 6) is -0.384. The molecule has 2 N–H and O–H groups in total. The largest absolute Gasteiger partial charge is 0.369 e. The standard InChI is InChI=1S/C8H7Cl2N3O/c9-5-4(3-12-7(10)13-5)8(1-2-8)6(11)14/h3H,1-2H2,(H2,11,14). The van der Waals surface area contributed by atoms with Gasteiger partial charge in [0.1, 0.15) is 5.15 Å². The maximum atomic E-state index is 11.2. The molecule has 0 bridgehead atoms. The van der Waals surface area contributed by atoms with E-state index >= 15 is 0 Å². The van der Waals surface area contributed by atoms with Gasteiger partial charge in [-0.3, -0.25) is 4.79 Å². The van der Waals surface area contributed by atoms with Crippen molar-refractivity contribution < 1.29 is 4.79 Å². The van der Waals surface area contributed by atoms with Crippen LogP contribution in [0.15, 0.2) is 6.20 Å². The molecule has 1 amide bonds. The molecule has 1 heterocycles. The minimum atomic E-state index is -0.651. The van der Waals surface area contributed by atoms with Crippen LogP contribution in [0.5, 0.6) is 0 Å². The zero-order chi connectivity index (χ0) is 10.3. The van der Waals surface area contributed by atoms with Crippen molar-refractivity contribution in [2.75, 3.05) is 0 Å². The number of primary amides is 1. The SMILES string of the molecule is NC(=O)C1(c2cnc(Cl)nc2Cl)CC1. The minimum Gasteiger partial charge on any atom is -0.369 e. The highest BCUT2D eigenvalue weighted by Gasteiger charge is 2.51. The highest BCUT2D eigenvalue weighted by molar-refractivity contribution is 6.32. The quantitative estimate of drug-likeness (QED) is 0.617. The van der Waals surface area contributed by atoms with Crippen LogP contribution < -0.4 is 5.73 Å². The lowest BCUT2D eigenvalue weighted by Gasteiger charge is -2.11. The molecule has 4 nitrogen and oxygen atoms in total. The molecule has 0 aromatic carbocycles. The van der Waals surface area contributed by atoms with E-state index in [2.05, 4.69) is 9.97 Å². The normalized spacial score (nSPS) is 17.9. The van der Waals surface area contributed by atoms with Crippen molar-refractivity contribution in [3.63, 3.8) is 0 Å². The van der Waals surface area contributed by atoms with E-state index in [9.17, 15) is 4.79 Å². The Morgan fingerprint density at radius 2 is 2.14 bits per heavy atom. The molecule has 0 radical (unpaired) electrons. The highest BCUT2D eigenvalue weighted by atomic mass is 35.5. The Hall–Kier alpha value is -0.870. The number of aromatic nitrogens is 2. The topological polar surface area (TPSA) is 68.9 Å². The maximum absolute atomic E-state index is 11.2. The van der Waals surface area contributed by atoms with Gasteiger partial charge in [-0.15, -0.1) is 0 Å². The second-order valence-corrected chi connectivity index (χ2v) is 3.99. The molecule has 6 heteroatoms. The molecule has 1 fully saturated rings. The Labute approximate surface area is 90.4 Å². The van der Waals surface area contributed by atoms with Crippen molar-refractivity contribution in [1.29, 1.82) is 0 Å². The second kappa shape index (κ2) is 3.07. The molecule has 2 rings (SSSR count). The molecular weight excluding hydrogens is 225 g/mol. The number of hydrogen-bond donors (Lipinski definition) is 1. The Kier molecular flexibility index (Phi) is 2.12. The summed E-state index contributed by atoms with van der Waals surface area (Å²) >= 11 is 11.4. The molecule has 1 aliphatic rings. The molecular formula is C8H7Cl2N3O. The van der Waals surface area contributed by atoms with Gasteiger partial charge in [-0.2, -0.15) is 0 Å². The number of nitrogens with zero attached hydrogens (tertiary/aromatic N) is 2. The van der Waals surface area contributed by atoms with Crippen LogP contribution >= 0.6 is 23.2 Å². The lowest BCUT2D eigenvalue weighted by molar-refractivity contribution is -0.120. The molecule has 0 spiro atoms. The van der Waals surface area contributed by atoms with Gasteiger partial charge < -0.3 is 5.73 Å². The monoisotopic (exact) mass is 231 g/mol. The van der Waals surface area contributed by atoms with Crippen LogP contribution in [0.25, 0.3) is 0 Å². The fourth-order valence-electron chi connectivity index (χ4n) is 1.44. The van der Waals surface area contributed by atoms with Gasteiger partial charge in [-0.25, -0.2) is 9.97 Å². The van der Waals surface area contributed by atoms with Gasteiger partial charge in [0, 0.05) is 11.8 Å². The third-order valence-corrected chi connectivity index (χ3v) is 2.92. The summed E-state index contributed by atoms with van der Waals surface area (Å²) in [6.45, 7) is 0. The van der Waals surface area contributed by atoms with Crippen molar-refractivity contribution in [3.05, 3.63) is 22.2 Å². The van der Waals surface area contributed by atoms with Crippen molar-refractivity contribution in [2.45, 2.75) is 18.3 Å². The van der Waals surface area contributed by atoms with Gasteiger partial charge in [-0.05, 0) is 24.4 Å². The highest BCUT2D eigenvalue weighted by Crippen LogP contribution is 2.49. The maximum Gasteiger partial charge on any atom is 0.228 e. The molecule has 1 aliphatic carbocycles. The Morgan fingerprint density at radius 3 is 2.57 bits per heavy atom. The summed E-state index contributed by atoms with van der Waals surface area (Å²) < 4.78 is 0. The summed E-state index contributed by atoms with van der Waals surface area (Å²) in [6.07, 6.45) is 2.87. The van der Waals surface area contributed by atoms with Crippen LogP contribution in [0.2, 0.25) is 10.4 Å². The van der Waals surface area contributed by atoms with Gasteiger partial charge in [-0.1, -0.05) is 11.6 Å². The average Bonchev–Trinajstić information content (AvgIpc) is 2.84. The zero-order valence-electron chi connectivity index (χ0n) is 7.13. The number of rotatable bonds is 2. The molecule has 0 unspecified atom stereocenters. The summed E-state index contributed by atoms with van der Waals surface area (Å²) in [5.41, 5.74) is 5.21. The summed E-state index contributed by atoms with van der Waals surface area (Å²) in [4.78, 5) is 18.8. The first-order chi connectivity index (χ1) is 6.56. The minimum absolute atomic E-state index is 0.0685. The van der Waals surface area contributed by atoms with Crippen molar-refractivity contribution in [2.24, 2.45) is 5.73 Å². The molecule has 0 aliphatic heterocycles. The van der Waals surface area contributed by atoms with E-state index in [1.54, 1.807) is 0 Å². The van der Waals surface area contributed by atoms with Crippen molar-refractivity contribution in [1.82, 2.24) is 9.97 Å². The molecule has 14 heavy (non-hydrogen) atoms. The number of nitrogens with two attached hydrogens (primary N) is 1. The molecule has 0 atom stereocenters. The van der Waals surface area contributed by atoms with Gasteiger partial charge in [0.15, 0.2) is 0 Å². The van der Waals surface area contributed by atoms with E-state index in [0.717, 1.165) is 0 Å². The van der Waals surface area contributed by atoms with E-state index in [1.165, 1.54) is 6.20 Å². The smallest absolute Gasteiger partial charge is 0.228 e. The van der Waals surface area contributed by atoms with Gasteiger partial charge in [0.05, 0.1) is 5.41 Å². The summed E-state index contributed by atoms with van der Waals surface area (Å²) in [7, 11) is 0. The van der Waals surface area contributed by atoms with Crippen LogP contribution in [-0.4, -0.2) is 15.9 Å². The number of halogens is 2. The molecule has 74 valence electrons.